The zero-order valence-electron chi connectivity index (χ0n) is 14.2. The topological polar surface area (TPSA) is 66.8 Å². The molecule has 5 nitrogen and oxygen atoms in total. The third-order valence-electron chi connectivity index (χ3n) is 5.58. The number of benzene rings is 1. The lowest BCUT2D eigenvalue weighted by Gasteiger charge is -2.44. The van der Waals surface area contributed by atoms with Gasteiger partial charge in [0.25, 0.3) is 0 Å². The predicted molar refractivity (Wildman–Crippen MR) is 89.7 cm³/mol. The predicted octanol–water partition coefficient (Wildman–Crippen LogP) is 2.45. The van der Waals surface area contributed by atoms with E-state index in [1.807, 2.05) is 30.3 Å². The molecular weight excluding hydrogens is 306 g/mol. The first-order valence-electron chi connectivity index (χ1n) is 8.64. The van der Waals surface area contributed by atoms with E-state index in [0.717, 1.165) is 12.0 Å². The number of carbonyl (C=O) groups excluding carboxylic acids is 1. The van der Waals surface area contributed by atoms with Crippen LogP contribution in [0.2, 0.25) is 0 Å². The first-order valence-corrected chi connectivity index (χ1v) is 8.64. The average Bonchev–Trinajstić information content (AvgIpc) is 2.62. The highest BCUT2D eigenvalue weighted by Gasteiger charge is 2.47. The molecule has 0 bridgehead atoms. The second-order valence-electron chi connectivity index (χ2n) is 7.26. The maximum absolute atomic E-state index is 13.5. The lowest BCUT2D eigenvalue weighted by atomic mass is 9.72. The van der Waals surface area contributed by atoms with Crippen molar-refractivity contribution in [2.45, 2.75) is 38.0 Å². The number of hydrogen-bond acceptors (Lipinski definition) is 3. The van der Waals surface area contributed by atoms with Gasteiger partial charge >= 0.3 is 5.97 Å². The summed E-state index contributed by atoms with van der Waals surface area (Å²) in [4.78, 5) is 26.8. The number of piperidine rings is 1. The summed E-state index contributed by atoms with van der Waals surface area (Å²) in [6, 6.07) is 9.87. The molecule has 3 rings (SSSR count). The Bertz CT molecular complexity index is 609. The van der Waals surface area contributed by atoms with Gasteiger partial charge in [-0.15, -0.1) is 0 Å². The number of nitrogens with zero attached hydrogens (tertiary/aromatic N) is 1. The monoisotopic (exact) mass is 331 g/mol. The zero-order valence-corrected chi connectivity index (χ0v) is 14.2. The molecular formula is C19H25NO4. The van der Waals surface area contributed by atoms with Crippen molar-refractivity contribution in [1.29, 1.82) is 0 Å². The van der Waals surface area contributed by atoms with Gasteiger partial charge in [-0.1, -0.05) is 30.3 Å². The van der Waals surface area contributed by atoms with Crippen LogP contribution in [0.5, 0.6) is 0 Å². The molecule has 1 unspecified atom stereocenters. The molecule has 2 heterocycles. The second kappa shape index (κ2) is 6.55. The Morgan fingerprint density at radius 3 is 2.42 bits per heavy atom. The Morgan fingerprint density at radius 2 is 1.79 bits per heavy atom. The van der Waals surface area contributed by atoms with Gasteiger partial charge in [0.2, 0.25) is 5.91 Å². The normalized spacial score (nSPS) is 26.8. The van der Waals surface area contributed by atoms with Crippen molar-refractivity contribution in [2.75, 3.05) is 26.3 Å². The smallest absolute Gasteiger partial charge is 0.311 e. The lowest BCUT2D eigenvalue weighted by Crippen LogP contribution is -2.55. The standard InChI is InChI=1S/C19H25NO4/c1-18(17(22)23)8-5-11-20(14-18)16(21)19(9-12-24-13-10-19)15-6-3-2-4-7-15/h2-4,6-7H,5,8-14H2,1H3,(H,22,23). The van der Waals surface area contributed by atoms with Crippen LogP contribution in [-0.4, -0.2) is 48.2 Å². The molecule has 2 fully saturated rings. The Hall–Kier alpha value is -1.88. The van der Waals surface area contributed by atoms with Crippen LogP contribution in [0.3, 0.4) is 0 Å². The minimum atomic E-state index is -0.850. The van der Waals surface area contributed by atoms with Crippen LogP contribution in [0, 0.1) is 5.41 Å². The van der Waals surface area contributed by atoms with Crippen molar-refractivity contribution in [3.8, 4) is 0 Å². The summed E-state index contributed by atoms with van der Waals surface area (Å²) in [5.41, 5.74) is -0.423. The van der Waals surface area contributed by atoms with E-state index in [1.54, 1.807) is 11.8 Å². The van der Waals surface area contributed by atoms with Crippen LogP contribution in [0.15, 0.2) is 30.3 Å². The minimum Gasteiger partial charge on any atom is -0.481 e. The highest BCUT2D eigenvalue weighted by Crippen LogP contribution is 2.39. The van der Waals surface area contributed by atoms with E-state index in [0.29, 0.717) is 39.0 Å². The quantitative estimate of drug-likeness (QED) is 0.924. The van der Waals surface area contributed by atoms with Crippen molar-refractivity contribution < 1.29 is 19.4 Å². The molecule has 1 atom stereocenters. The maximum atomic E-state index is 13.5. The second-order valence-corrected chi connectivity index (χ2v) is 7.26. The maximum Gasteiger partial charge on any atom is 0.311 e. The van der Waals surface area contributed by atoms with Crippen molar-refractivity contribution in [3.05, 3.63) is 35.9 Å². The lowest BCUT2D eigenvalue weighted by molar-refractivity contribution is -0.156. The third kappa shape index (κ3) is 2.93. The summed E-state index contributed by atoms with van der Waals surface area (Å²) in [6.45, 7) is 3.79. The molecule has 5 heteroatoms. The van der Waals surface area contributed by atoms with Crippen LogP contribution >= 0.6 is 0 Å². The van der Waals surface area contributed by atoms with Gasteiger partial charge in [0.15, 0.2) is 0 Å². The fraction of sp³-hybridized carbons (Fsp3) is 0.579. The first kappa shape index (κ1) is 17.0. The molecule has 1 aromatic rings. The number of aliphatic carboxylic acids is 1. The molecule has 0 aromatic heterocycles. The summed E-state index contributed by atoms with van der Waals surface area (Å²) in [5.74, 6) is -0.759. The fourth-order valence-corrected chi connectivity index (χ4v) is 3.99. The number of hydrogen-bond donors (Lipinski definition) is 1. The first-order chi connectivity index (χ1) is 11.5. The van der Waals surface area contributed by atoms with Gasteiger partial charge in [-0.3, -0.25) is 9.59 Å². The van der Waals surface area contributed by atoms with Gasteiger partial charge in [0.05, 0.1) is 10.8 Å². The van der Waals surface area contributed by atoms with Crippen LogP contribution < -0.4 is 0 Å². The number of carbonyl (C=O) groups is 2. The molecule has 0 saturated carbocycles. The molecule has 1 N–H and O–H groups in total. The van der Waals surface area contributed by atoms with Gasteiger partial charge < -0.3 is 14.7 Å². The molecule has 2 aliphatic rings. The highest BCUT2D eigenvalue weighted by atomic mass is 16.5. The summed E-state index contributed by atoms with van der Waals surface area (Å²) < 4.78 is 5.50. The number of ether oxygens (including phenoxy) is 1. The highest BCUT2D eigenvalue weighted by molar-refractivity contribution is 5.89. The van der Waals surface area contributed by atoms with Crippen molar-refractivity contribution in [1.82, 2.24) is 4.90 Å². The number of carboxylic acid groups (broad SMARTS) is 1. The third-order valence-corrected chi connectivity index (χ3v) is 5.58. The zero-order chi connectivity index (χ0) is 17.2. The minimum absolute atomic E-state index is 0.0594. The molecule has 0 spiro atoms. The molecule has 0 aliphatic carbocycles. The number of rotatable bonds is 3. The molecule has 2 aliphatic heterocycles. The van der Waals surface area contributed by atoms with E-state index < -0.39 is 16.8 Å². The van der Waals surface area contributed by atoms with Crippen LogP contribution in [0.4, 0.5) is 0 Å². The Labute approximate surface area is 142 Å². The summed E-state index contributed by atoms with van der Waals surface area (Å²) in [7, 11) is 0. The Balaban J connectivity index is 1.91. The molecule has 1 aromatic carbocycles. The summed E-state index contributed by atoms with van der Waals surface area (Å²) in [6.07, 6.45) is 2.65. The number of amides is 1. The van der Waals surface area contributed by atoms with E-state index >= 15 is 0 Å². The average molecular weight is 331 g/mol. The number of carboxylic acids is 1. The van der Waals surface area contributed by atoms with Gasteiger partial charge in [-0.2, -0.15) is 0 Å². The van der Waals surface area contributed by atoms with Gasteiger partial charge in [-0.25, -0.2) is 0 Å². The molecule has 2 saturated heterocycles. The Morgan fingerprint density at radius 1 is 1.12 bits per heavy atom. The Kier molecular flexibility index (Phi) is 4.63. The summed E-state index contributed by atoms with van der Waals surface area (Å²) in [5, 5.41) is 9.53. The van der Waals surface area contributed by atoms with Gasteiger partial charge in [-0.05, 0) is 38.2 Å². The molecule has 24 heavy (non-hydrogen) atoms. The van der Waals surface area contributed by atoms with Crippen molar-refractivity contribution in [2.24, 2.45) is 5.41 Å². The largest absolute Gasteiger partial charge is 0.481 e. The van der Waals surface area contributed by atoms with E-state index in [9.17, 15) is 14.7 Å². The fourth-order valence-electron chi connectivity index (χ4n) is 3.99. The van der Waals surface area contributed by atoms with Crippen LogP contribution in [0.25, 0.3) is 0 Å². The SMILES string of the molecule is CC1(C(=O)O)CCCN(C(=O)C2(c3ccccc3)CCOCC2)C1. The van der Waals surface area contributed by atoms with E-state index in [4.69, 9.17) is 4.74 Å². The molecule has 0 radical (unpaired) electrons. The van der Waals surface area contributed by atoms with E-state index in [-0.39, 0.29) is 12.5 Å². The number of likely N-dealkylation sites (tertiary alicyclic amines) is 1. The van der Waals surface area contributed by atoms with Crippen LogP contribution in [0.1, 0.15) is 38.2 Å². The van der Waals surface area contributed by atoms with Crippen molar-refractivity contribution in [3.63, 3.8) is 0 Å². The molecule has 130 valence electrons. The van der Waals surface area contributed by atoms with Gasteiger partial charge in [0.1, 0.15) is 0 Å². The van der Waals surface area contributed by atoms with Crippen molar-refractivity contribution >= 4 is 11.9 Å². The van der Waals surface area contributed by atoms with Gasteiger partial charge in [0, 0.05) is 26.3 Å². The summed E-state index contributed by atoms with van der Waals surface area (Å²) >= 11 is 0. The van der Waals surface area contributed by atoms with Crippen LogP contribution in [-0.2, 0) is 19.7 Å². The van der Waals surface area contributed by atoms with E-state index in [2.05, 4.69) is 0 Å². The van der Waals surface area contributed by atoms with E-state index in [1.165, 1.54) is 0 Å². The molecule has 1 amide bonds.